The highest BCUT2D eigenvalue weighted by Crippen LogP contribution is 2.24. The third kappa shape index (κ3) is 3.55. The number of hydrogen-bond acceptors (Lipinski definition) is 6. The van der Waals surface area contributed by atoms with Crippen LogP contribution in [-0.2, 0) is 11.3 Å². The summed E-state index contributed by atoms with van der Waals surface area (Å²) in [5.41, 5.74) is 1.83. The molecular formula is C17H14ClN3O3. The number of nitrogens with one attached hydrogen (secondary N) is 1. The molecule has 0 fully saturated rings. The molecule has 0 aliphatic carbocycles. The van der Waals surface area contributed by atoms with Crippen LogP contribution in [0.2, 0.25) is 5.02 Å². The Kier molecular flexibility index (Phi) is 4.77. The zero-order chi connectivity index (χ0) is 16.9. The van der Waals surface area contributed by atoms with Crippen molar-refractivity contribution >= 4 is 23.3 Å². The van der Waals surface area contributed by atoms with Gasteiger partial charge in [0.1, 0.15) is 0 Å². The van der Waals surface area contributed by atoms with Gasteiger partial charge >= 0.3 is 5.97 Å². The van der Waals surface area contributed by atoms with Gasteiger partial charge in [0, 0.05) is 5.56 Å². The summed E-state index contributed by atoms with van der Waals surface area (Å²) in [5.74, 6) is 0.425. The Labute approximate surface area is 143 Å². The molecule has 0 aliphatic rings. The van der Waals surface area contributed by atoms with Crippen LogP contribution in [0.3, 0.4) is 0 Å². The summed E-state index contributed by atoms with van der Waals surface area (Å²) < 4.78 is 10.3. The van der Waals surface area contributed by atoms with Crippen molar-refractivity contribution in [3.05, 3.63) is 65.0 Å². The molecule has 1 aromatic heterocycles. The fourth-order valence-corrected chi connectivity index (χ4v) is 2.28. The van der Waals surface area contributed by atoms with Crippen molar-refractivity contribution in [2.24, 2.45) is 0 Å². The molecule has 6 nitrogen and oxygen atoms in total. The number of hydrogen-bond donors (Lipinski definition) is 1. The number of benzene rings is 2. The van der Waals surface area contributed by atoms with Crippen LogP contribution in [0.4, 0.5) is 5.69 Å². The number of halogens is 1. The summed E-state index contributed by atoms with van der Waals surface area (Å²) in [6.07, 6.45) is 0. The van der Waals surface area contributed by atoms with E-state index in [1.807, 2.05) is 30.3 Å². The molecule has 0 unspecified atom stereocenters. The molecule has 0 aliphatic heterocycles. The van der Waals surface area contributed by atoms with Gasteiger partial charge in [-0.2, -0.15) is 0 Å². The second kappa shape index (κ2) is 7.14. The molecule has 0 amide bonds. The van der Waals surface area contributed by atoms with Crippen molar-refractivity contribution < 1.29 is 13.9 Å². The normalized spacial score (nSPS) is 10.4. The number of nitrogens with zero attached hydrogens (tertiary/aromatic N) is 2. The molecule has 0 bridgehead atoms. The lowest BCUT2D eigenvalue weighted by molar-refractivity contribution is 0.0601. The topological polar surface area (TPSA) is 77.2 Å². The van der Waals surface area contributed by atoms with Gasteiger partial charge in [0.2, 0.25) is 11.8 Å². The molecule has 122 valence electrons. The Hall–Kier alpha value is -2.86. The van der Waals surface area contributed by atoms with E-state index in [0.717, 1.165) is 5.56 Å². The standard InChI is InChI=1S/C17H14ClN3O3/c1-23-17(22)12-7-8-13(18)14(9-12)19-10-15-20-21-16(24-15)11-5-3-2-4-6-11/h2-9,19H,10H2,1H3. The van der Waals surface area contributed by atoms with E-state index in [-0.39, 0.29) is 6.54 Å². The Balaban J connectivity index is 1.72. The van der Waals surface area contributed by atoms with E-state index in [1.165, 1.54) is 7.11 Å². The number of carbonyl (C=O) groups excluding carboxylic acids is 1. The van der Waals surface area contributed by atoms with Crippen LogP contribution in [0.25, 0.3) is 11.5 Å². The lowest BCUT2D eigenvalue weighted by atomic mass is 10.2. The second-order valence-electron chi connectivity index (χ2n) is 4.91. The minimum atomic E-state index is -0.432. The van der Waals surface area contributed by atoms with Crippen LogP contribution in [-0.4, -0.2) is 23.3 Å². The Morgan fingerprint density at radius 1 is 1.21 bits per heavy atom. The van der Waals surface area contributed by atoms with Gasteiger partial charge in [-0.15, -0.1) is 10.2 Å². The van der Waals surface area contributed by atoms with Crippen molar-refractivity contribution in [3.8, 4) is 11.5 Å². The molecule has 0 radical (unpaired) electrons. The summed E-state index contributed by atoms with van der Waals surface area (Å²) in [4.78, 5) is 11.6. The maximum atomic E-state index is 11.6. The van der Waals surface area contributed by atoms with Gasteiger partial charge in [-0.05, 0) is 30.3 Å². The first-order valence-corrected chi connectivity index (χ1v) is 7.54. The summed E-state index contributed by atoms with van der Waals surface area (Å²) in [7, 11) is 1.33. The largest absolute Gasteiger partial charge is 0.465 e. The van der Waals surface area contributed by atoms with E-state index in [0.29, 0.717) is 28.1 Å². The van der Waals surface area contributed by atoms with Gasteiger partial charge in [-0.25, -0.2) is 4.79 Å². The molecule has 0 atom stereocenters. The van der Waals surface area contributed by atoms with Crippen LogP contribution < -0.4 is 5.32 Å². The number of anilines is 1. The first-order valence-electron chi connectivity index (χ1n) is 7.17. The van der Waals surface area contributed by atoms with Crippen LogP contribution >= 0.6 is 11.6 Å². The van der Waals surface area contributed by atoms with Gasteiger partial charge in [0.05, 0.1) is 29.9 Å². The minimum absolute atomic E-state index is 0.282. The third-order valence-electron chi connectivity index (χ3n) is 3.31. The number of rotatable bonds is 5. The third-order valence-corrected chi connectivity index (χ3v) is 3.63. The fourth-order valence-electron chi connectivity index (χ4n) is 2.10. The number of methoxy groups -OCH3 is 1. The zero-order valence-corrected chi connectivity index (χ0v) is 13.6. The molecule has 2 aromatic carbocycles. The Bertz CT molecular complexity index is 849. The van der Waals surface area contributed by atoms with E-state index < -0.39 is 5.97 Å². The van der Waals surface area contributed by atoms with Crippen LogP contribution in [0.5, 0.6) is 0 Å². The van der Waals surface area contributed by atoms with Crippen molar-refractivity contribution in [1.29, 1.82) is 0 Å². The van der Waals surface area contributed by atoms with Gasteiger partial charge < -0.3 is 14.5 Å². The average molecular weight is 344 g/mol. The maximum Gasteiger partial charge on any atom is 0.337 e. The van der Waals surface area contributed by atoms with E-state index in [4.69, 9.17) is 20.8 Å². The first-order chi connectivity index (χ1) is 11.7. The number of esters is 1. The average Bonchev–Trinajstić information content (AvgIpc) is 3.10. The summed E-state index contributed by atoms with van der Waals surface area (Å²) >= 11 is 6.13. The molecule has 3 rings (SSSR count). The summed E-state index contributed by atoms with van der Waals surface area (Å²) in [5, 5.41) is 11.6. The zero-order valence-electron chi connectivity index (χ0n) is 12.8. The van der Waals surface area contributed by atoms with Crippen molar-refractivity contribution in [3.63, 3.8) is 0 Å². The molecular weight excluding hydrogens is 330 g/mol. The molecule has 1 N–H and O–H groups in total. The predicted octanol–water partition coefficient (Wildman–Crippen LogP) is 3.79. The predicted molar refractivity (Wildman–Crippen MR) is 89.9 cm³/mol. The smallest absolute Gasteiger partial charge is 0.337 e. The van der Waals surface area contributed by atoms with Crippen LogP contribution in [0.15, 0.2) is 52.9 Å². The lowest BCUT2D eigenvalue weighted by Gasteiger charge is -2.08. The summed E-state index contributed by atoms with van der Waals surface area (Å²) in [6, 6.07) is 14.3. The van der Waals surface area contributed by atoms with Crippen molar-refractivity contribution in [1.82, 2.24) is 10.2 Å². The highest BCUT2D eigenvalue weighted by atomic mass is 35.5. The van der Waals surface area contributed by atoms with E-state index in [1.54, 1.807) is 18.2 Å². The van der Waals surface area contributed by atoms with Crippen LogP contribution in [0, 0.1) is 0 Å². The van der Waals surface area contributed by atoms with Gasteiger partial charge in [-0.3, -0.25) is 0 Å². The lowest BCUT2D eigenvalue weighted by Crippen LogP contribution is -2.04. The van der Waals surface area contributed by atoms with E-state index in [2.05, 4.69) is 15.5 Å². The monoisotopic (exact) mass is 343 g/mol. The Morgan fingerprint density at radius 2 is 2.00 bits per heavy atom. The number of carbonyl (C=O) groups is 1. The highest BCUT2D eigenvalue weighted by Gasteiger charge is 2.11. The number of aromatic nitrogens is 2. The van der Waals surface area contributed by atoms with Gasteiger partial charge in [0.25, 0.3) is 0 Å². The molecule has 0 spiro atoms. The summed E-state index contributed by atoms with van der Waals surface area (Å²) in [6.45, 7) is 0.282. The van der Waals surface area contributed by atoms with Crippen molar-refractivity contribution in [2.45, 2.75) is 6.54 Å². The fraction of sp³-hybridized carbons (Fsp3) is 0.118. The minimum Gasteiger partial charge on any atom is -0.465 e. The van der Waals surface area contributed by atoms with Gasteiger partial charge in [0.15, 0.2) is 0 Å². The first kappa shape index (κ1) is 16.0. The maximum absolute atomic E-state index is 11.6. The molecule has 1 heterocycles. The van der Waals surface area contributed by atoms with Crippen molar-refractivity contribution in [2.75, 3.05) is 12.4 Å². The quantitative estimate of drug-likeness (QED) is 0.710. The molecule has 7 heteroatoms. The molecule has 0 saturated heterocycles. The molecule has 0 saturated carbocycles. The SMILES string of the molecule is COC(=O)c1ccc(Cl)c(NCc2nnc(-c3ccccc3)o2)c1. The molecule has 24 heavy (non-hydrogen) atoms. The second-order valence-corrected chi connectivity index (χ2v) is 5.31. The number of ether oxygens (including phenoxy) is 1. The van der Waals surface area contributed by atoms with E-state index >= 15 is 0 Å². The van der Waals surface area contributed by atoms with Crippen LogP contribution in [0.1, 0.15) is 16.2 Å². The van der Waals surface area contributed by atoms with E-state index in [9.17, 15) is 4.79 Å². The molecule has 3 aromatic rings. The van der Waals surface area contributed by atoms with Gasteiger partial charge in [-0.1, -0.05) is 29.8 Å². The highest BCUT2D eigenvalue weighted by molar-refractivity contribution is 6.33. The Morgan fingerprint density at radius 3 is 2.75 bits per heavy atom.